The summed E-state index contributed by atoms with van der Waals surface area (Å²) < 4.78 is 0. The number of aryl methyl sites for hydroxylation is 3. The number of rotatable bonds is 1. The van der Waals surface area contributed by atoms with Crippen LogP contribution in [0.25, 0.3) is 6.08 Å². The molecule has 0 fully saturated rings. The molecular weight excluding hydrogens is 244 g/mol. The lowest BCUT2D eigenvalue weighted by molar-refractivity contribution is 0.102. The van der Waals surface area contributed by atoms with Gasteiger partial charge >= 0.3 is 0 Å². The molecule has 3 rings (SSSR count). The Morgan fingerprint density at radius 3 is 2.60 bits per heavy atom. The van der Waals surface area contributed by atoms with E-state index in [1.807, 2.05) is 18.2 Å². The molecule has 0 unspecified atom stereocenters. The van der Waals surface area contributed by atoms with Crippen LogP contribution in [0, 0.1) is 13.8 Å². The van der Waals surface area contributed by atoms with Gasteiger partial charge in [0.05, 0.1) is 0 Å². The van der Waals surface area contributed by atoms with Gasteiger partial charge in [-0.1, -0.05) is 48.0 Å². The zero-order valence-electron chi connectivity index (χ0n) is 11.9. The standard InChI is InChI=1S/C19H18O/c1-13-7-8-16(14(2)11-13)12-17-10-9-15-5-3-4-6-18(15)19(17)20/h3-8,11-12H,9-10H2,1-2H3/b17-12+. The van der Waals surface area contributed by atoms with Gasteiger partial charge in [-0.3, -0.25) is 4.79 Å². The van der Waals surface area contributed by atoms with Crippen LogP contribution in [-0.4, -0.2) is 5.78 Å². The van der Waals surface area contributed by atoms with Crippen LogP contribution in [0.4, 0.5) is 0 Å². The number of ketones is 1. The second kappa shape index (κ2) is 5.09. The zero-order chi connectivity index (χ0) is 14.1. The first-order chi connectivity index (χ1) is 9.65. The van der Waals surface area contributed by atoms with Crippen LogP contribution in [-0.2, 0) is 6.42 Å². The van der Waals surface area contributed by atoms with Crippen molar-refractivity contribution >= 4 is 11.9 Å². The maximum Gasteiger partial charge on any atom is 0.189 e. The smallest absolute Gasteiger partial charge is 0.189 e. The average molecular weight is 262 g/mol. The van der Waals surface area contributed by atoms with Gasteiger partial charge in [-0.25, -0.2) is 0 Å². The number of hydrogen-bond donors (Lipinski definition) is 0. The van der Waals surface area contributed by atoms with Gasteiger partial charge in [0.1, 0.15) is 0 Å². The van der Waals surface area contributed by atoms with Crippen LogP contribution in [0.15, 0.2) is 48.0 Å². The summed E-state index contributed by atoms with van der Waals surface area (Å²) in [7, 11) is 0. The van der Waals surface area contributed by atoms with E-state index >= 15 is 0 Å². The minimum Gasteiger partial charge on any atom is -0.289 e. The summed E-state index contributed by atoms with van der Waals surface area (Å²) in [6.45, 7) is 4.19. The van der Waals surface area contributed by atoms with E-state index in [0.29, 0.717) is 0 Å². The van der Waals surface area contributed by atoms with Crippen molar-refractivity contribution in [3.05, 3.63) is 75.9 Å². The molecule has 0 saturated heterocycles. The van der Waals surface area contributed by atoms with E-state index in [-0.39, 0.29) is 5.78 Å². The van der Waals surface area contributed by atoms with Gasteiger partial charge in [0.15, 0.2) is 5.78 Å². The van der Waals surface area contributed by atoms with Gasteiger partial charge in [0.2, 0.25) is 0 Å². The van der Waals surface area contributed by atoms with Crippen molar-refractivity contribution in [1.29, 1.82) is 0 Å². The first-order valence-corrected chi connectivity index (χ1v) is 7.05. The van der Waals surface area contributed by atoms with Gasteiger partial charge in [0.25, 0.3) is 0 Å². The first kappa shape index (κ1) is 12.9. The summed E-state index contributed by atoms with van der Waals surface area (Å²) in [6, 6.07) is 14.3. The summed E-state index contributed by atoms with van der Waals surface area (Å²) >= 11 is 0. The predicted octanol–water partition coefficient (Wildman–Crippen LogP) is 4.52. The molecule has 1 nitrogen and oxygen atoms in total. The summed E-state index contributed by atoms with van der Waals surface area (Å²) in [5.74, 6) is 0.187. The molecule has 0 heterocycles. The number of Topliss-reactive ketones (excluding diaryl/α,β-unsaturated/α-hetero) is 1. The van der Waals surface area contributed by atoms with E-state index in [0.717, 1.165) is 29.5 Å². The second-order valence-corrected chi connectivity index (χ2v) is 5.52. The molecule has 1 aliphatic rings. The average Bonchev–Trinajstić information content (AvgIpc) is 2.45. The molecule has 0 spiro atoms. The van der Waals surface area contributed by atoms with Gasteiger partial charge in [-0.05, 0) is 49.5 Å². The highest BCUT2D eigenvalue weighted by atomic mass is 16.1. The molecule has 2 aromatic carbocycles. The van der Waals surface area contributed by atoms with Crippen LogP contribution < -0.4 is 0 Å². The molecule has 0 saturated carbocycles. The molecular formula is C19H18O. The summed E-state index contributed by atoms with van der Waals surface area (Å²) in [4.78, 5) is 12.5. The molecule has 0 aliphatic heterocycles. The minimum absolute atomic E-state index is 0.187. The van der Waals surface area contributed by atoms with Gasteiger partial charge in [0, 0.05) is 11.1 Å². The van der Waals surface area contributed by atoms with E-state index in [1.165, 1.54) is 16.7 Å². The molecule has 0 amide bonds. The molecule has 0 N–H and O–H groups in total. The van der Waals surface area contributed by atoms with Crippen LogP contribution in [0.2, 0.25) is 0 Å². The molecule has 2 aromatic rings. The normalized spacial score (nSPS) is 16.3. The lowest BCUT2D eigenvalue weighted by atomic mass is 9.85. The second-order valence-electron chi connectivity index (χ2n) is 5.52. The van der Waals surface area contributed by atoms with E-state index < -0.39 is 0 Å². The quantitative estimate of drug-likeness (QED) is 0.691. The number of hydrogen-bond acceptors (Lipinski definition) is 1. The van der Waals surface area contributed by atoms with Gasteiger partial charge in [-0.15, -0.1) is 0 Å². The van der Waals surface area contributed by atoms with E-state index in [1.54, 1.807) is 0 Å². The SMILES string of the molecule is Cc1ccc(/C=C2\CCc3ccccc3C2=O)c(C)c1. The third-order valence-corrected chi connectivity index (χ3v) is 3.97. The number of carbonyl (C=O) groups excluding carboxylic acids is 1. The van der Waals surface area contributed by atoms with Crippen molar-refractivity contribution in [2.24, 2.45) is 0 Å². The fraction of sp³-hybridized carbons (Fsp3) is 0.211. The summed E-state index contributed by atoms with van der Waals surface area (Å²) in [5.41, 5.74) is 6.60. The van der Waals surface area contributed by atoms with Crippen LogP contribution in [0.1, 0.15) is 39.0 Å². The van der Waals surface area contributed by atoms with E-state index in [2.05, 4.69) is 44.2 Å². The van der Waals surface area contributed by atoms with Crippen molar-refractivity contribution in [3.63, 3.8) is 0 Å². The Hall–Kier alpha value is -2.15. The molecule has 0 radical (unpaired) electrons. The molecule has 0 aromatic heterocycles. The molecule has 1 heteroatoms. The van der Waals surface area contributed by atoms with Crippen molar-refractivity contribution < 1.29 is 4.79 Å². The Morgan fingerprint density at radius 1 is 1.00 bits per heavy atom. The van der Waals surface area contributed by atoms with E-state index in [9.17, 15) is 4.79 Å². The third kappa shape index (κ3) is 2.32. The minimum atomic E-state index is 0.187. The Morgan fingerprint density at radius 2 is 1.80 bits per heavy atom. The van der Waals surface area contributed by atoms with E-state index in [4.69, 9.17) is 0 Å². The number of fused-ring (bicyclic) bond motifs is 1. The molecule has 0 atom stereocenters. The summed E-state index contributed by atoms with van der Waals surface area (Å²) in [5, 5.41) is 0. The van der Waals surface area contributed by atoms with Crippen LogP contribution in [0.3, 0.4) is 0 Å². The van der Waals surface area contributed by atoms with Crippen molar-refractivity contribution in [3.8, 4) is 0 Å². The van der Waals surface area contributed by atoms with Crippen molar-refractivity contribution in [2.45, 2.75) is 26.7 Å². The number of allylic oxidation sites excluding steroid dienone is 1. The van der Waals surface area contributed by atoms with Gasteiger partial charge in [-0.2, -0.15) is 0 Å². The fourth-order valence-corrected chi connectivity index (χ4v) is 2.83. The fourth-order valence-electron chi connectivity index (χ4n) is 2.83. The molecule has 100 valence electrons. The lowest BCUT2D eigenvalue weighted by Gasteiger charge is -2.17. The first-order valence-electron chi connectivity index (χ1n) is 7.05. The summed E-state index contributed by atoms with van der Waals surface area (Å²) in [6.07, 6.45) is 3.86. The Kier molecular flexibility index (Phi) is 3.27. The Bertz CT molecular complexity index is 707. The molecule has 20 heavy (non-hydrogen) atoms. The molecule has 1 aliphatic carbocycles. The molecule has 0 bridgehead atoms. The van der Waals surface area contributed by atoms with Crippen molar-refractivity contribution in [1.82, 2.24) is 0 Å². The van der Waals surface area contributed by atoms with Crippen molar-refractivity contribution in [2.75, 3.05) is 0 Å². The number of carbonyl (C=O) groups is 1. The zero-order valence-corrected chi connectivity index (χ0v) is 11.9. The van der Waals surface area contributed by atoms with Crippen LogP contribution >= 0.6 is 0 Å². The lowest BCUT2D eigenvalue weighted by Crippen LogP contribution is -2.13. The maximum atomic E-state index is 12.5. The Balaban J connectivity index is 2.00. The monoisotopic (exact) mass is 262 g/mol. The highest BCUT2D eigenvalue weighted by molar-refractivity contribution is 6.13. The predicted molar refractivity (Wildman–Crippen MR) is 83.0 cm³/mol. The van der Waals surface area contributed by atoms with Crippen LogP contribution in [0.5, 0.6) is 0 Å². The highest BCUT2D eigenvalue weighted by Crippen LogP contribution is 2.27. The Labute approximate surface area is 120 Å². The third-order valence-electron chi connectivity index (χ3n) is 3.97. The maximum absolute atomic E-state index is 12.5. The highest BCUT2D eigenvalue weighted by Gasteiger charge is 2.21. The topological polar surface area (TPSA) is 17.1 Å². The van der Waals surface area contributed by atoms with Gasteiger partial charge < -0.3 is 0 Å². The largest absolute Gasteiger partial charge is 0.289 e. The number of benzene rings is 2.